The van der Waals surface area contributed by atoms with Gasteiger partial charge in [0.2, 0.25) is 0 Å². The molecule has 110 valence electrons. The number of benzene rings is 1. The number of Topliss-reactive ketones (excluding diaryl/α,β-unsaturated/α-hetero) is 1. The molecule has 1 aliphatic carbocycles. The molecule has 0 spiro atoms. The molecule has 1 aromatic carbocycles. The van der Waals surface area contributed by atoms with Gasteiger partial charge in [-0.2, -0.15) is 0 Å². The molecule has 1 saturated carbocycles. The van der Waals surface area contributed by atoms with Gasteiger partial charge in [-0.1, -0.05) is 44.2 Å². The van der Waals surface area contributed by atoms with Gasteiger partial charge in [-0.3, -0.25) is 4.79 Å². The summed E-state index contributed by atoms with van der Waals surface area (Å²) in [5.41, 5.74) is 2.10. The molecule has 0 bridgehead atoms. The summed E-state index contributed by atoms with van der Waals surface area (Å²) in [6, 6.07) is 10.3. The summed E-state index contributed by atoms with van der Waals surface area (Å²) in [5.74, 6) is 0.895. The van der Waals surface area contributed by atoms with Gasteiger partial charge >= 0.3 is 0 Å². The summed E-state index contributed by atoms with van der Waals surface area (Å²) < 4.78 is 0. The van der Waals surface area contributed by atoms with E-state index in [0.29, 0.717) is 18.1 Å². The summed E-state index contributed by atoms with van der Waals surface area (Å²) in [6.45, 7) is 4.39. The van der Waals surface area contributed by atoms with Crippen LogP contribution < -0.4 is 0 Å². The topological polar surface area (TPSA) is 30.0 Å². The van der Waals surface area contributed by atoms with E-state index in [1.165, 1.54) is 0 Å². The number of rotatable bonds is 2. The number of nitrogens with zero attached hydrogens (tertiary/aromatic N) is 1. The Morgan fingerprint density at radius 1 is 1.29 bits per heavy atom. The van der Waals surface area contributed by atoms with Gasteiger partial charge in [0.05, 0.1) is 10.7 Å². The number of ketones is 1. The van der Waals surface area contributed by atoms with E-state index in [-0.39, 0.29) is 5.41 Å². The number of carbonyl (C=O) groups excluding carboxylic acids is 1. The van der Waals surface area contributed by atoms with Crippen LogP contribution in [0.3, 0.4) is 0 Å². The van der Waals surface area contributed by atoms with Gasteiger partial charge in [0.1, 0.15) is 5.78 Å². The average molecular weight is 299 g/mol. The summed E-state index contributed by atoms with van der Waals surface area (Å²) in [6.07, 6.45) is 3.54. The lowest BCUT2D eigenvalue weighted by Gasteiger charge is -2.24. The molecule has 1 fully saturated rings. The molecule has 0 aliphatic heterocycles. The Morgan fingerprint density at radius 3 is 2.81 bits per heavy atom. The molecule has 1 aromatic heterocycles. The van der Waals surface area contributed by atoms with E-state index in [4.69, 9.17) is 4.98 Å². The van der Waals surface area contributed by atoms with Crippen molar-refractivity contribution in [3.05, 3.63) is 40.7 Å². The molecule has 2 atom stereocenters. The first-order valence-electron chi connectivity index (χ1n) is 7.60. The third-order valence-electron chi connectivity index (χ3n) is 4.44. The van der Waals surface area contributed by atoms with Crippen LogP contribution in [0.1, 0.15) is 44.5 Å². The Hall–Kier alpha value is -1.48. The van der Waals surface area contributed by atoms with E-state index in [1.807, 2.05) is 18.2 Å². The molecule has 2 aromatic rings. The smallest absolute Gasteiger partial charge is 0.134 e. The first kappa shape index (κ1) is 14.5. The predicted molar refractivity (Wildman–Crippen MR) is 87.5 cm³/mol. The highest BCUT2D eigenvalue weighted by molar-refractivity contribution is 7.10. The maximum atomic E-state index is 12.1. The minimum atomic E-state index is -0.0838. The third kappa shape index (κ3) is 3.08. The molecule has 0 amide bonds. The Labute approximate surface area is 130 Å². The minimum absolute atomic E-state index is 0.0838. The van der Waals surface area contributed by atoms with Crippen molar-refractivity contribution in [2.75, 3.05) is 0 Å². The quantitative estimate of drug-likeness (QED) is 0.742. The molecule has 1 heterocycles. The highest BCUT2D eigenvalue weighted by Gasteiger charge is 2.35. The fraction of sp³-hybridized carbons (Fsp3) is 0.444. The van der Waals surface area contributed by atoms with Gasteiger partial charge in [-0.25, -0.2) is 4.98 Å². The minimum Gasteiger partial charge on any atom is -0.300 e. The molecular weight excluding hydrogens is 278 g/mol. The SMILES string of the molecule is CC1CC[C@](C)(c2nc(-c3ccccc3)cs2)CC(=O)C1. The summed E-state index contributed by atoms with van der Waals surface area (Å²) >= 11 is 1.70. The molecular formula is C18H21NOS. The van der Waals surface area contributed by atoms with Gasteiger partial charge in [0, 0.05) is 29.2 Å². The van der Waals surface area contributed by atoms with E-state index in [0.717, 1.165) is 35.5 Å². The highest BCUT2D eigenvalue weighted by Crippen LogP contribution is 2.40. The van der Waals surface area contributed by atoms with Crippen LogP contribution in [0.2, 0.25) is 0 Å². The van der Waals surface area contributed by atoms with Gasteiger partial charge in [-0.15, -0.1) is 11.3 Å². The summed E-state index contributed by atoms with van der Waals surface area (Å²) in [4.78, 5) is 17.0. The second kappa shape index (κ2) is 5.72. The Kier molecular flexibility index (Phi) is 3.94. The van der Waals surface area contributed by atoms with Crippen LogP contribution in [0.5, 0.6) is 0 Å². The van der Waals surface area contributed by atoms with E-state index < -0.39 is 0 Å². The van der Waals surface area contributed by atoms with E-state index >= 15 is 0 Å². The molecule has 1 unspecified atom stereocenters. The van der Waals surface area contributed by atoms with E-state index in [9.17, 15) is 4.79 Å². The summed E-state index contributed by atoms with van der Waals surface area (Å²) in [5, 5.41) is 3.23. The second-order valence-corrected chi connectivity index (χ2v) is 7.39. The van der Waals surface area contributed by atoms with E-state index in [1.54, 1.807) is 11.3 Å². The van der Waals surface area contributed by atoms with Crippen molar-refractivity contribution in [1.82, 2.24) is 4.98 Å². The Balaban J connectivity index is 1.90. The molecule has 1 aliphatic rings. The Morgan fingerprint density at radius 2 is 2.05 bits per heavy atom. The first-order chi connectivity index (χ1) is 10.1. The molecule has 0 saturated heterocycles. The first-order valence-corrected chi connectivity index (χ1v) is 8.48. The largest absolute Gasteiger partial charge is 0.300 e. The number of hydrogen-bond donors (Lipinski definition) is 0. The van der Waals surface area contributed by atoms with E-state index in [2.05, 4.69) is 31.4 Å². The maximum absolute atomic E-state index is 12.1. The lowest BCUT2D eigenvalue weighted by atomic mass is 9.82. The normalized spacial score (nSPS) is 26.6. The molecule has 3 rings (SSSR count). The zero-order chi connectivity index (χ0) is 14.9. The van der Waals surface area contributed by atoms with Crippen molar-refractivity contribution in [3.8, 4) is 11.3 Å². The molecule has 3 heteroatoms. The van der Waals surface area contributed by atoms with Crippen LogP contribution in [-0.4, -0.2) is 10.8 Å². The number of aromatic nitrogens is 1. The van der Waals surface area contributed by atoms with Crippen molar-refractivity contribution in [2.24, 2.45) is 5.92 Å². The zero-order valence-corrected chi connectivity index (χ0v) is 13.5. The monoisotopic (exact) mass is 299 g/mol. The molecule has 0 N–H and O–H groups in total. The molecule has 2 nitrogen and oxygen atoms in total. The predicted octanol–water partition coefficient (Wildman–Crippen LogP) is 4.85. The lowest BCUT2D eigenvalue weighted by Crippen LogP contribution is -2.23. The van der Waals surface area contributed by atoms with Crippen molar-refractivity contribution < 1.29 is 4.79 Å². The van der Waals surface area contributed by atoms with Crippen molar-refractivity contribution in [2.45, 2.75) is 44.9 Å². The summed E-state index contributed by atoms with van der Waals surface area (Å²) in [7, 11) is 0. The molecule has 21 heavy (non-hydrogen) atoms. The van der Waals surface area contributed by atoms with Crippen LogP contribution >= 0.6 is 11.3 Å². The second-order valence-electron chi connectivity index (χ2n) is 6.53. The lowest BCUT2D eigenvalue weighted by molar-refractivity contribution is -0.120. The van der Waals surface area contributed by atoms with Gasteiger partial charge in [0.15, 0.2) is 0 Å². The van der Waals surface area contributed by atoms with Gasteiger partial charge < -0.3 is 0 Å². The number of thiazole rings is 1. The van der Waals surface area contributed by atoms with Crippen LogP contribution in [-0.2, 0) is 10.2 Å². The van der Waals surface area contributed by atoms with Crippen molar-refractivity contribution in [3.63, 3.8) is 0 Å². The number of carbonyl (C=O) groups is 1. The van der Waals surface area contributed by atoms with Gasteiger partial charge in [-0.05, 0) is 18.8 Å². The van der Waals surface area contributed by atoms with Crippen molar-refractivity contribution >= 4 is 17.1 Å². The third-order valence-corrected chi connectivity index (χ3v) is 5.59. The standard InChI is InChI=1S/C18H21NOS/c1-13-8-9-18(2,11-15(20)10-13)17-19-16(12-21-17)14-6-4-3-5-7-14/h3-7,12-13H,8-11H2,1-2H3/t13?,18-/m0/s1. The Bertz CT molecular complexity index is 634. The number of hydrogen-bond acceptors (Lipinski definition) is 3. The van der Waals surface area contributed by atoms with Crippen LogP contribution in [0.25, 0.3) is 11.3 Å². The van der Waals surface area contributed by atoms with Crippen LogP contribution in [0, 0.1) is 5.92 Å². The van der Waals surface area contributed by atoms with Crippen LogP contribution in [0.4, 0.5) is 0 Å². The van der Waals surface area contributed by atoms with Crippen molar-refractivity contribution in [1.29, 1.82) is 0 Å². The fourth-order valence-electron chi connectivity index (χ4n) is 3.13. The van der Waals surface area contributed by atoms with Crippen LogP contribution in [0.15, 0.2) is 35.7 Å². The molecule has 0 radical (unpaired) electrons. The maximum Gasteiger partial charge on any atom is 0.134 e. The highest BCUT2D eigenvalue weighted by atomic mass is 32.1. The zero-order valence-electron chi connectivity index (χ0n) is 12.6. The average Bonchev–Trinajstić information content (AvgIpc) is 2.92. The fourth-order valence-corrected chi connectivity index (χ4v) is 4.15. The van der Waals surface area contributed by atoms with Gasteiger partial charge in [0.25, 0.3) is 0 Å².